The molecule has 1 aromatic rings. The second-order valence-corrected chi connectivity index (χ2v) is 10.9. The molecule has 4 bridgehead atoms. The Morgan fingerprint density at radius 2 is 1.74 bits per heavy atom. The van der Waals surface area contributed by atoms with Crippen LogP contribution in [0.4, 0.5) is 18.0 Å². The maximum absolute atomic E-state index is 14.4. The largest absolute Gasteiger partial charge is 0.440 e. The number of urea groups is 1. The number of carbonyl (C=O) groups excluding carboxylic acids is 3. The topological polar surface area (TPSA) is 78.5 Å². The van der Waals surface area contributed by atoms with Crippen molar-refractivity contribution in [2.75, 3.05) is 0 Å². The molecule has 6 rings (SSSR count). The third kappa shape index (κ3) is 3.41. The standard InChI is InChI=1S/C25H30F3N3O3/c1-3-19(23-11-15-8-16(12-23)10-17(9-15)13-23)31-21(33)24(25(26,27)28,30-22(31)34)29-20(32)18-6-4-5-14(2)7-18/h4-7,15-17,19H,3,8-13H2,1-2H3,(H,29,32)(H,30,34)/t15?,16?,17?,19-,23?,24-/m1/s1. The summed E-state index contributed by atoms with van der Waals surface area (Å²) in [6.07, 6.45) is 1.08. The Labute approximate surface area is 196 Å². The van der Waals surface area contributed by atoms with Crippen LogP contribution >= 0.6 is 0 Å². The highest BCUT2D eigenvalue weighted by molar-refractivity contribution is 6.10. The summed E-state index contributed by atoms with van der Waals surface area (Å²) in [6.45, 7) is 3.53. The number of alkyl halides is 3. The maximum Gasteiger partial charge on any atom is 0.440 e. The van der Waals surface area contributed by atoms with Crippen LogP contribution < -0.4 is 10.6 Å². The van der Waals surface area contributed by atoms with Gasteiger partial charge in [-0.2, -0.15) is 13.2 Å². The fourth-order valence-corrected chi connectivity index (χ4v) is 7.68. The van der Waals surface area contributed by atoms with Gasteiger partial charge in [-0.05, 0) is 87.2 Å². The lowest BCUT2D eigenvalue weighted by molar-refractivity contribution is -0.202. The number of hydrogen-bond acceptors (Lipinski definition) is 3. The van der Waals surface area contributed by atoms with Crippen molar-refractivity contribution >= 4 is 17.8 Å². The zero-order valence-electron chi connectivity index (χ0n) is 19.4. The van der Waals surface area contributed by atoms with Crippen LogP contribution in [0.1, 0.15) is 67.8 Å². The number of amides is 4. The minimum absolute atomic E-state index is 0.0164. The monoisotopic (exact) mass is 477 g/mol. The van der Waals surface area contributed by atoms with Gasteiger partial charge in [0.15, 0.2) is 0 Å². The molecule has 2 atom stereocenters. The molecule has 4 amide bonds. The number of nitrogens with one attached hydrogen (secondary N) is 2. The van der Waals surface area contributed by atoms with Crippen LogP contribution in [-0.2, 0) is 4.79 Å². The van der Waals surface area contributed by atoms with E-state index in [0.29, 0.717) is 29.7 Å². The van der Waals surface area contributed by atoms with E-state index in [-0.39, 0.29) is 11.0 Å². The Kier molecular flexibility index (Phi) is 5.26. The van der Waals surface area contributed by atoms with Crippen molar-refractivity contribution in [2.45, 2.75) is 76.7 Å². The first-order valence-corrected chi connectivity index (χ1v) is 12.1. The number of halogens is 3. The van der Waals surface area contributed by atoms with Crippen molar-refractivity contribution in [3.63, 3.8) is 0 Å². The van der Waals surface area contributed by atoms with Crippen LogP contribution in [0, 0.1) is 30.1 Å². The SMILES string of the molecule is CC[C@@H](N1C(=O)N[C@@](NC(=O)c2cccc(C)c2)(C(F)(F)F)C1=O)C12CC3CC(CC(C3)C1)C2. The summed E-state index contributed by atoms with van der Waals surface area (Å²) in [6, 6.07) is 4.34. The van der Waals surface area contributed by atoms with Crippen LogP contribution in [-0.4, -0.2) is 40.6 Å². The van der Waals surface area contributed by atoms with Gasteiger partial charge in [0.25, 0.3) is 17.5 Å². The summed E-state index contributed by atoms with van der Waals surface area (Å²) in [5.74, 6) is -0.980. The fraction of sp³-hybridized carbons (Fsp3) is 0.640. The molecule has 34 heavy (non-hydrogen) atoms. The molecule has 0 radical (unpaired) electrons. The Bertz CT molecular complexity index is 1000. The lowest BCUT2D eigenvalue weighted by atomic mass is 9.47. The number of rotatable bonds is 5. The smallest absolute Gasteiger partial charge is 0.314 e. The molecule has 9 heteroatoms. The Hall–Kier alpha value is -2.58. The van der Waals surface area contributed by atoms with Crippen LogP contribution in [0.25, 0.3) is 0 Å². The van der Waals surface area contributed by atoms with E-state index in [2.05, 4.69) is 0 Å². The number of hydrogen-bond donors (Lipinski definition) is 2. The normalized spacial score (nSPS) is 35.4. The minimum Gasteiger partial charge on any atom is -0.314 e. The summed E-state index contributed by atoms with van der Waals surface area (Å²) in [5.41, 5.74) is -3.17. The van der Waals surface area contributed by atoms with Gasteiger partial charge in [0, 0.05) is 11.6 Å². The van der Waals surface area contributed by atoms with E-state index in [0.717, 1.165) is 43.4 Å². The lowest BCUT2D eigenvalue weighted by Gasteiger charge is -2.60. The van der Waals surface area contributed by atoms with E-state index in [9.17, 15) is 27.6 Å². The molecular formula is C25H30F3N3O3. The molecule has 1 saturated heterocycles. The van der Waals surface area contributed by atoms with E-state index in [1.165, 1.54) is 12.1 Å². The number of benzene rings is 1. The quantitative estimate of drug-likeness (QED) is 0.612. The zero-order chi connectivity index (χ0) is 24.5. The summed E-state index contributed by atoms with van der Waals surface area (Å²) in [5, 5.41) is 3.70. The third-order valence-electron chi connectivity index (χ3n) is 8.55. The van der Waals surface area contributed by atoms with Gasteiger partial charge in [-0.3, -0.25) is 19.8 Å². The molecule has 184 valence electrons. The van der Waals surface area contributed by atoms with Crippen molar-refractivity contribution in [3.8, 4) is 0 Å². The second-order valence-electron chi connectivity index (χ2n) is 10.9. The predicted octanol–water partition coefficient (Wildman–Crippen LogP) is 4.53. The van der Waals surface area contributed by atoms with Gasteiger partial charge < -0.3 is 5.32 Å². The number of nitrogens with zero attached hydrogens (tertiary/aromatic N) is 1. The summed E-state index contributed by atoms with van der Waals surface area (Å²) >= 11 is 0. The van der Waals surface area contributed by atoms with Crippen molar-refractivity contribution in [3.05, 3.63) is 35.4 Å². The van der Waals surface area contributed by atoms with Gasteiger partial charge in [-0.15, -0.1) is 0 Å². The molecule has 0 spiro atoms. The van der Waals surface area contributed by atoms with Crippen molar-refractivity contribution in [1.29, 1.82) is 0 Å². The maximum atomic E-state index is 14.4. The molecule has 1 aromatic carbocycles. The van der Waals surface area contributed by atoms with E-state index >= 15 is 0 Å². The highest BCUT2D eigenvalue weighted by Crippen LogP contribution is 2.62. The molecule has 5 aliphatic rings. The Morgan fingerprint density at radius 1 is 1.15 bits per heavy atom. The van der Waals surface area contributed by atoms with Gasteiger partial charge in [-0.25, -0.2) is 4.79 Å². The van der Waals surface area contributed by atoms with Crippen molar-refractivity contribution < 1.29 is 27.6 Å². The highest BCUT2D eigenvalue weighted by Gasteiger charge is 2.71. The van der Waals surface area contributed by atoms with E-state index in [1.807, 2.05) is 17.6 Å². The zero-order valence-corrected chi connectivity index (χ0v) is 19.4. The van der Waals surface area contributed by atoms with E-state index in [1.54, 1.807) is 19.1 Å². The molecule has 4 aliphatic carbocycles. The molecule has 1 aliphatic heterocycles. The van der Waals surface area contributed by atoms with Crippen LogP contribution in [0.15, 0.2) is 24.3 Å². The van der Waals surface area contributed by atoms with Crippen molar-refractivity contribution in [2.24, 2.45) is 23.2 Å². The van der Waals surface area contributed by atoms with Gasteiger partial charge in [0.2, 0.25) is 0 Å². The lowest BCUT2D eigenvalue weighted by Crippen LogP contribution is -2.70. The Balaban J connectivity index is 1.48. The molecule has 2 N–H and O–H groups in total. The average molecular weight is 478 g/mol. The minimum atomic E-state index is -5.21. The van der Waals surface area contributed by atoms with Gasteiger partial charge in [0.1, 0.15) is 0 Å². The fourth-order valence-electron chi connectivity index (χ4n) is 7.68. The predicted molar refractivity (Wildman–Crippen MR) is 117 cm³/mol. The van der Waals surface area contributed by atoms with Crippen LogP contribution in [0.3, 0.4) is 0 Å². The summed E-state index contributed by atoms with van der Waals surface area (Å²) < 4.78 is 43.3. The first kappa shape index (κ1) is 23.2. The first-order valence-electron chi connectivity index (χ1n) is 12.1. The average Bonchev–Trinajstić information content (AvgIpc) is 2.98. The molecule has 1 heterocycles. The summed E-state index contributed by atoms with van der Waals surface area (Å²) in [7, 11) is 0. The number of aryl methyl sites for hydroxylation is 1. The first-order chi connectivity index (χ1) is 16.0. The molecule has 6 nitrogen and oxygen atoms in total. The van der Waals surface area contributed by atoms with Gasteiger partial charge >= 0.3 is 12.2 Å². The van der Waals surface area contributed by atoms with Crippen molar-refractivity contribution in [1.82, 2.24) is 15.5 Å². The van der Waals surface area contributed by atoms with Gasteiger partial charge in [0.05, 0.1) is 0 Å². The molecule has 4 saturated carbocycles. The molecule has 0 aromatic heterocycles. The molecule has 5 fully saturated rings. The highest BCUT2D eigenvalue weighted by atomic mass is 19.4. The second kappa shape index (κ2) is 7.71. The van der Waals surface area contributed by atoms with E-state index in [4.69, 9.17) is 0 Å². The van der Waals surface area contributed by atoms with Gasteiger partial charge in [-0.1, -0.05) is 24.6 Å². The molecule has 0 unspecified atom stereocenters. The molecular weight excluding hydrogens is 447 g/mol. The third-order valence-corrected chi connectivity index (χ3v) is 8.55. The Morgan fingerprint density at radius 3 is 2.24 bits per heavy atom. The number of carbonyl (C=O) groups is 3. The van der Waals surface area contributed by atoms with E-state index < -0.39 is 35.7 Å². The van der Waals surface area contributed by atoms with Crippen LogP contribution in [0.5, 0.6) is 0 Å². The number of imide groups is 1. The van der Waals surface area contributed by atoms with Crippen LogP contribution in [0.2, 0.25) is 0 Å². The summed E-state index contributed by atoms with van der Waals surface area (Å²) in [4.78, 5) is 40.2.